The Bertz CT molecular complexity index is 1070. The number of ether oxygens (including phenoxy) is 1. The van der Waals surface area contributed by atoms with Gasteiger partial charge in [0.15, 0.2) is 0 Å². The molecule has 2 aromatic carbocycles. The number of para-hydroxylation sites is 2. The van der Waals surface area contributed by atoms with Crippen LogP contribution in [0.3, 0.4) is 0 Å². The predicted octanol–water partition coefficient (Wildman–Crippen LogP) is 4.46. The molecular formula is C24H27N3O2. The van der Waals surface area contributed by atoms with Gasteiger partial charge >= 0.3 is 0 Å². The van der Waals surface area contributed by atoms with E-state index in [1.54, 1.807) is 7.11 Å². The number of hydrazone groups is 1. The highest BCUT2D eigenvalue weighted by Gasteiger charge is 2.19. The molecule has 0 bridgehead atoms. The number of fused-ring (bicyclic) bond motifs is 3. The Balaban J connectivity index is 1.47. The van der Waals surface area contributed by atoms with Gasteiger partial charge in [-0.05, 0) is 56.4 Å². The fourth-order valence-electron chi connectivity index (χ4n) is 4.26. The van der Waals surface area contributed by atoms with Crippen LogP contribution < -0.4 is 10.2 Å². The van der Waals surface area contributed by atoms with E-state index in [1.165, 1.54) is 35.0 Å². The van der Waals surface area contributed by atoms with E-state index in [-0.39, 0.29) is 5.91 Å². The van der Waals surface area contributed by atoms with Crippen LogP contribution in [-0.4, -0.2) is 23.3 Å². The van der Waals surface area contributed by atoms with Gasteiger partial charge in [-0.1, -0.05) is 30.3 Å². The maximum Gasteiger partial charge on any atom is 0.241 e. The van der Waals surface area contributed by atoms with Crippen LogP contribution in [0.4, 0.5) is 0 Å². The fraction of sp³-hybridized carbons (Fsp3) is 0.333. The first-order valence-corrected chi connectivity index (χ1v) is 10.2. The Labute approximate surface area is 171 Å². The van der Waals surface area contributed by atoms with E-state index in [2.05, 4.69) is 39.4 Å². The average Bonchev–Trinajstić information content (AvgIpc) is 3.09. The van der Waals surface area contributed by atoms with Crippen molar-refractivity contribution in [3.63, 3.8) is 0 Å². The second-order valence-corrected chi connectivity index (χ2v) is 7.48. The molecule has 0 atom stereocenters. The number of aromatic nitrogens is 1. The highest BCUT2D eigenvalue weighted by molar-refractivity contribution is 6.01. The zero-order valence-corrected chi connectivity index (χ0v) is 17.1. The van der Waals surface area contributed by atoms with Gasteiger partial charge in [0.05, 0.1) is 12.8 Å². The molecule has 5 heteroatoms. The minimum atomic E-state index is -0.0819. The molecule has 0 radical (unpaired) electrons. The summed E-state index contributed by atoms with van der Waals surface area (Å²) in [6.07, 6.45) is 5.10. The Morgan fingerprint density at radius 2 is 1.86 bits per heavy atom. The van der Waals surface area contributed by atoms with Crippen molar-refractivity contribution in [1.82, 2.24) is 9.99 Å². The molecule has 150 valence electrons. The molecule has 0 unspecified atom stereocenters. The van der Waals surface area contributed by atoms with Crippen molar-refractivity contribution >= 4 is 22.5 Å². The summed E-state index contributed by atoms with van der Waals surface area (Å²) in [5, 5.41) is 5.62. The first-order chi connectivity index (χ1) is 14.2. The minimum Gasteiger partial charge on any atom is -0.496 e. The van der Waals surface area contributed by atoms with E-state index in [0.29, 0.717) is 13.0 Å². The maximum absolute atomic E-state index is 12.5. The van der Waals surface area contributed by atoms with Crippen molar-refractivity contribution in [2.45, 2.75) is 45.6 Å². The fourth-order valence-corrected chi connectivity index (χ4v) is 4.26. The molecule has 1 aliphatic rings. The van der Waals surface area contributed by atoms with Crippen LogP contribution in [0, 0.1) is 0 Å². The first kappa shape index (κ1) is 19.2. The molecule has 0 saturated heterocycles. The van der Waals surface area contributed by atoms with Crippen molar-refractivity contribution in [3.05, 3.63) is 65.4 Å². The average molecular weight is 389 g/mol. The summed E-state index contributed by atoms with van der Waals surface area (Å²) < 4.78 is 7.70. The van der Waals surface area contributed by atoms with Crippen molar-refractivity contribution in [2.24, 2.45) is 5.10 Å². The molecule has 1 heterocycles. The Hall–Kier alpha value is -3.08. The van der Waals surface area contributed by atoms with Crippen LogP contribution in [0.5, 0.6) is 5.75 Å². The van der Waals surface area contributed by atoms with Crippen LogP contribution in [0.25, 0.3) is 10.9 Å². The van der Waals surface area contributed by atoms with Gasteiger partial charge in [-0.3, -0.25) is 4.79 Å². The highest BCUT2D eigenvalue weighted by Crippen LogP contribution is 2.32. The van der Waals surface area contributed by atoms with Gasteiger partial charge in [0.25, 0.3) is 0 Å². The van der Waals surface area contributed by atoms with Crippen molar-refractivity contribution in [3.8, 4) is 5.75 Å². The van der Waals surface area contributed by atoms with Gasteiger partial charge in [-0.15, -0.1) is 0 Å². The number of amides is 1. The molecule has 4 rings (SSSR count). The minimum absolute atomic E-state index is 0.0819. The quantitative estimate of drug-likeness (QED) is 0.500. The molecule has 29 heavy (non-hydrogen) atoms. The molecule has 1 aliphatic carbocycles. The normalized spacial score (nSPS) is 13.9. The van der Waals surface area contributed by atoms with E-state index < -0.39 is 0 Å². The number of methoxy groups -OCH3 is 1. The molecule has 0 spiro atoms. The SMILES string of the molecule is COc1ccccc1C(C)=NNC(=O)CCn1c2c(c3ccccc31)CCCC2. The zero-order chi connectivity index (χ0) is 20.2. The smallest absolute Gasteiger partial charge is 0.241 e. The topological polar surface area (TPSA) is 55.6 Å². The van der Waals surface area contributed by atoms with Crippen molar-refractivity contribution in [2.75, 3.05) is 7.11 Å². The van der Waals surface area contributed by atoms with Crippen LogP contribution in [0.2, 0.25) is 0 Å². The molecular weight excluding hydrogens is 362 g/mol. The molecule has 0 saturated carbocycles. The maximum atomic E-state index is 12.5. The Morgan fingerprint density at radius 3 is 2.72 bits per heavy atom. The van der Waals surface area contributed by atoms with E-state index in [1.807, 2.05) is 31.2 Å². The summed E-state index contributed by atoms with van der Waals surface area (Å²) in [7, 11) is 1.63. The van der Waals surface area contributed by atoms with Crippen LogP contribution in [-0.2, 0) is 24.2 Å². The third-order valence-corrected chi connectivity index (χ3v) is 5.69. The Kier molecular flexibility index (Phi) is 5.65. The number of rotatable bonds is 6. The number of carbonyl (C=O) groups excluding carboxylic acids is 1. The van der Waals surface area contributed by atoms with Crippen LogP contribution in [0.15, 0.2) is 53.6 Å². The van der Waals surface area contributed by atoms with Gasteiger partial charge in [0.1, 0.15) is 5.75 Å². The summed E-state index contributed by atoms with van der Waals surface area (Å²) >= 11 is 0. The molecule has 0 aliphatic heterocycles. The van der Waals surface area contributed by atoms with Gasteiger partial charge < -0.3 is 9.30 Å². The van der Waals surface area contributed by atoms with Crippen molar-refractivity contribution < 1.29 is 9.53 Å². The second-order valence-electron chi connectivity index (χ2n) is 7.48. The third kappa shape index (κ3) is 3.90. The molecule has 1 aromatic heterocycles. The van der Waals surface area contributed by atoms with E-state index >= 15 is 0 Å². The molecule has 3 aromatic rings. The molecule has 1 amide bonds. The Morgan fingerprint density at radius 1 is 1.10 bits per heavy atom. The van der Waals surface area contributed by atoms with Crippen molar-refractivity contribution in [1.29, 1.82) is 0 Å². The number of carbonyl (C=O) groups is 1. The highest BCUT2D eigenvalue weighted by atomic mass is 16.5. The van der Waals surface area contributed by atoms with Crippen LogP contribution in [0.1, 0.15) is 43.0 Å². The number of benzene rings is 2. The summed E-state index contributed by atoms with van der Waals surface area (Å²) in [6.45, 7) is 2.54. The van der Waals surface area contributed by atoms with Gasteiger partial charge in [0.2, 0.25) is 5.91 Å². The van der Waals surface area contributed by atoms with E-state index in [9.17, 15) is 4.79 Å². The second kappa shape index (κ2) is 8.52. The third-order valence-electron chi connectivity index (χ3n) is 5.69. The lowest BCUT2D eigenvalue weighted by Crippen LogP contribution is -2.21. The lowest BCUT2D eigenvalue weighted by molar-refractivity contribution is -0.121. The predicted molar refractivity (Wildman–Crippen MR) is 117 cm³/mol. The van der Waals surface area contributed by atoms with Gasteiger partial charge in [-0.2, -0.15) is 5.10 Å². The number of hydrogen-bond acceptors (Lipinski definition) is 3. The lowest BCUT2D eigenvalue weighted by atomic mass is 9.95. The van der Waals surface area contributed by atoms with Crippen LogP contribution >= 0.6 is 0 Å². The van der Waals surface area contributed by atoms with Gasteiger partial charge in [-0.25, -0.2) is 5.43 Å². The zero-order valence-electron chi connectivity index (χ0n) is 17.1. The number of nitrogens with zero attached hydrogens (tertiary/aromatic N) is 2. The summed E-state index contributed by atoms with van der Waals surface area (Å²) in [5.41, 5.74) is 8.41. The summed E-state index contributed by atoms with van der Waals surface area (Å²) in [6, 6.07) is 16.2. The molecule has 1 N–H and O–H groups in total. The van der Waals surface area contributed by atoms with Gasteiger partial charge in [0, 0.05) is 35.1 Å². The summed E-state index contributed by atoms with van der Waals surface area (Å²) in [5.74, 6) is 0.662. The molecule has 0 fully saturated rings. The number of aryl methyl sites for hydroxylation is 2. The first-order valence-electron chi connectivity index (χ1n) is 10.2. The number of hydrogen-bond donors (Lipinski definition) is 1. The van der Waals surface area contributed by atoms with E-state index in [4.69, 9.17) is 4.74 Å². The molecule has 5 nitrogen and oxygen atoms in total. The monoisotopic (exact) mass is 389 g/mol. The standard InChI is InChI=1S/C24H27N3O2/c1-17(18-9-5-8-14-23(18)29-2)25-26-24(28)15-16-27-21-12-6-3-10-19(21)20-11-4-7-13-22(20)27/h3,5-6,8-10,12,14H,4,7,11,13,15-16H2,1-2H3,(H,26,28). The summed E-state index contributed by atoms with van der Waals surface area (Å²) in [4.78, 5) is 12.5. The largest absolute Gasteiger partial charge is 0.496 e. The number of nitrogens with one attached hydrogen (secondary N) is 1. The lowest BCUT2D eigenvalue weighted by Gasteiger charge is -2.15. The van der Waals surface area contributed by atoms with E-state index in [0.717, 1.165) is 29.9 Å².